The van der Waals surface area contributed by atoms with Crippen LogP contribution in [0, 0.1) is 0 Å². The third-order valence-electron chi connectivity index (χ3n) is 4.61. The van der Waals surface area contributed by atoms with Crippen molar-refractivity contribution in [3.8, 4) is 0 Å². The van der Waals surface area contributed by atoms with Gasteiger partial charge in [-0.15, -0.1) is 11.8 Å². The van der Waals surface area contributed by atoms with Crippen molar-refractivity contribution in [1.82, 2.24) is 10.2 Å². The summed E-state index contributed by atoms with van der Waals surface area (Å²) in [6, 6.07) is 17.2. The second kappa shape index (κ2) is 12.6. The number of carbonyl (C=O) groups is 2. The lowest BCUT2D eigenvalue weighted by atomic mass is 10.1. The minimum atomic E-state index is -0.492. The average molecular weight is 433 g/mol. The molecule has 0 radical (unpaired) electrons. The first kappa shape index (κ1) is 23.3. The maximum Gasteiger partial charge on any atom is 0.242 e. The second-order valence-electron chi connectivity index (χ2n) is 6.91. The minimum absolute atomic E-state index is 0.0148. The number of thioether (sulfide) groups is 1. The van der Waals surface area contributed by atoms with Gasteiger partial charge in [-0.2, -0.15) is 0 Å². The van der Waals surface area contributed by atoms with Gasteiger partial charge in [0.2, 0.25) is 11.8 Å². The van der Waals surface area contributed by atoms with Gasteiger partial charge in [0.15, 0.2) is 0 Å². The van der Waals surface area contributed by atoms with Crippen molar-refractivity contribution in [1.29, 1.82) is 0 Å². The van der Waals surface area contributed by atoms with E-state index in [-0.39, 0.29) is 11.8 Å². The van der Waals surface area contributed by atoms with Crippen molar-refractivity contribution < 1.29 is 9.59 Å². The van der Waals surface area contributed by atoms with E-state index in [1.165, 1.54) is 0 Å². The van der Waals surface area contributed by atoms with Crippen LogP contribution in [0.4, 0.5) is 0 Å². The fourth-order valence-electron chi connectivity index (χ4n) is 2.89. The molecule has 1 unspecified atom stereocenters. The molecule has 156 valence electrons. The Hall–Kier alpha value is -1.98. The molecule has 0 fully saturated rings. The van der Waals surface area contributed by atoms with Gasteiger partial charge < -0.3 is 10.2 Å². The maximum absolute atomic E-state index is 12.9. The van der Waals surface area contributed by atoms with E-state index in [0.29, 0.717) is 23.9 Å². The Bertz CT molecular complexity index is 768. The first-order valence-electron chi connectivity index (χ1n) is 9.94. The smallest absolute Gasteiger partial charge is 0.242 e. The Morgan fingerprint density at radius 3 is 2.41 bits per heavy atom. The molecule has 2 amide bonds. The Kier molecular flexibility index (Phi) is 10.1. The zero-order chi connectivity index (χ0) is 21.1. The molecule has 0 aliphatic carbocycles. The highest BCUT2D eigenvalue weighted by Crippen LogP contribution is 2.17. The minimum Gasteiger partial charge on any atom is -0.354 e. The van der Waals surface area contributed by atoms with Crippen molar-refractivity contribution in [2.75, 3.05) is 18.8 Å². The van der Waals surface area contributed by atoms with Crippen molar-refractivity contribution in [2.45, 2.75) is 38.5 Å². The Balaban J connectivity index is 1.96. The topological polar surface area (TPSA) is 49.4 Å². The van der Waals surface area contributed by atoms with Crippen molar-refractivity contribution in [3.63, 3.8) is 0 Å². The van der Waals surface area contributed by atoms with Crippen LogP contribution in [0.5, 0.6) is 0 Å². The van der Waals surface area contributed by atoms with Crippen LogP contribution in [0.3, 0.4) is 0 Å². The van der Waals surface area contributed by atoms with Crippen molar-refractivity contribution in [2.24, 2.45) is 0 Å². The summed E-state index contributed by atoms with van der Waals surface area (Å²) in [5.74, 6) is 0.948. The summed E-state index contributed by atoms with van der Waals surface area (Å²) in [4.78, 5) is 27.1. The highest BCUT2D eigenvalue weighted by Gasteiger charge is 2.25. The summed E-state index contributed by atoms with van der Waals surface area (Å²) < 4.78 is 0. The van der Waals surface area contributed by atoms with Crippen LogP contribution >= 0.6 is 23.4 Å². The Labute approximate surface area is 183 Å². The third kappa shape index (κ3) is 8.11. The second-order valence-corrected chi connectivity index (χ2v) is 8.33. The number of benzene rings is 2. The molecule has 0 saturated heterocycles. The molecule has 0 aromatic heterocycles. The summed E-state index contributed by atoms with van der Waals surface area (Å²) in [6.07, 6.45) is 1.59. The maximum atomic E-state index is 12.9. The van der Waals surface area contributed by atoms with Crippen molar-refractivity contribution >= 4 is 35.2 Å². The van der Waals surface area contributed by atoms with Gasteiger partial charge in [-0.05, 0) is 43.0 Å². The fraction of sp³-hybridized carbons (Fsp3) is 0.391. The van der Waals surface area contributed by atoms with E-state index < -0.39 is 6.04 Å². The normalized spacial score (nSPS) is 11.7. The summed E-state index contributed by atoms with van der Waals surface area (Å²) in [5, 5.41) is 3.60. The van der Waals surface area contributed by atoms with E-state index in [2.05, 4.69) is 5.32 Å². The predicted octanol–water partition coefficient (Wildman–Crippen LogP) is 4.56. The number of carbonyl (C=O) groups excluding carboxylic acids is 2. The number of nitrogens with zero attached hydrogens (tertiary/aromatic N) is 1. The molecule has 1 N–H and O–H groups in total. The molecule has 2 aromatic carbocycles. The summed E-state index contributed by atoms with van der Waals surface area (Å²) in [7, 11) is 0. The summed E-state index contributed by atoms with van der Waals surface area (Å²) in [5.41, 5.74) is 2.28. The molecular formula is C23H29ClN2O2S. The quantitative estimate of drug-likeness (QED) is 0.566. The molecule has 2 aromatic rings. The molecule has 29 heavy (non-hydrogen) atoms. The highest BCUT2D eigenvalue weighted by molar-refractivity contribution is 7.99. The number of hydrogen-bond acceptors (Lipinski definition) is 3. The SMILES string of the molecule is CCCNC(=O)C(C)N(CCc1ccccc1)C(=O)CSCc1ccc(Cl)cc1. The molecule has 0 saturated carbocycles. The zero-order valence-electron chi connectivity index (χ0n) is 17.1. The number of amides is 2. The van der Waals surface area contributed by atoms with Crippen LogP contribution in [0.15, 0.2) is 54.6 Å². The van der Waals surface area contributed by atoms with E-state index in [0.717, 1.165) is 29.7 Å². The summed E-state index contributed by atoms with van der Waals surface area (Å²) >= 11 is 7.47. The van der Waals surface area contributed by atoms with Gasteiger partial charge in [0, 0.05) is 23.9 Å². The number of nitrogens with one attached hydrogen (secondary N) is 1. The van der Waals surface area contributed by atoms with E-state index in [1.54, 1.807) is 23.6 Å². The molecular weight excluding hydrogens is 404 g/mol. The lowest BCUT2D eigenvalue weighted by molar-refractivity contribution is -0.137. The van der Waals surface area contributed by atoms with E-state index >= 15 is 0 Å². The average Bonchev–Trinajstić information content (AvgIpc) is 2.74. The standard InChI is InChI=1S/C23H29ClN2O2S/c1-3-14-25-23(28)18(2)26(15-13-19-7-5-4-6-8-19)22(27)17-29-16-20-9-11-21(24)12-10-20/h4-12,18H,3,13-17H2,1-2H3,(H,25,28). The van der Waals surface area contributed by atoms with Gasteiger partial charge in [0.05, 0.1) is 5.75 Å². The van der Waals surface area contributed by atoms with Gasteiger partial charge in [0.1, 0.15) is 6.04 Å². The van der Waals surface area contributed by atoms with E-state index in [1.807, 2.05) is 61.5 Å². The van der Waals surface area contributed by atoms with Gasteiger partial charge in [-0.25, -0.2) is 0 Å². The van der Waals surface area contributed by atoms with Gasteiger partial charge in [-0.3, -0.25) is 9.59 Å². The largest absolute Gasteiger partial charge is 0.354 e. The first-order valence-corrected chi connectivity index (χ1v) is 11.5. The zero-order valence-corrected chi connectivity index (χ0v) is 18.6. The van der Waals surface area contributed by atoms with Gasteiger partial charge >= 0.3 is 0 Å². The van der Waals surface area contributed by atoms with Crippen LogP contribution in [0.25, 0.3) is 0 Å². The molecule has 4 nitrogen and oxygen atoms in total. The number of rotatable bonds is 11. The number of halogens is 1. The van der Waals surface area contributed by atoms with Crippen LogP contribution < -0.4 is 5.32 Å². The molecule has 0 aliphatic heterocycles. The lowest BCUT2D eigenvalue weighted by Gasteiger charge is -2.28. The lowest BCUT2D eigenvalue weighted by Crippen LogP contribution is -2.49. The first-order chi connectivity index (χ1) is 14.0. The van der Waals surface area contributed by atoms with Crippen LogP contribution in [0.1, 0.15) is 31.4 Å². The van der Waals surface area contributed by atoms with Crippen LogP contribution in [-0.2, 0) is 21.8 Å². The van der Waals surface area contributed by atoms with Crippen LogP contribution in [-0.4, -0.2) is 41.6 Å². The molecule has 6 heteroatoms. The number of hydrogen-bond donors (Lipinski definition) is 1. The van der Waals surface area contributed by atoms with Crippen LogP contribution in [0.2, 0.25) is 5.02 Å². The molecule has 0 heterocycles. The third-order valence-corrected chi connectivity index (χ3v) is 5.85. The van der Waals surface area contributed by atoms with Gasteiger partial charge in [-0.1, -0.05) is 61.0 Å². The molecule has 0 bridgehead atoms. The van der Waals surface area contributed by atoms with E-state index in [4.69, 9.17) is 11.6 Å². The van der Waals surface area contributed by atoms with Gasteiger partial charge in [0.25, 0.3) is 0 Å². The Morgan fingerprint density at radius 2 is 1.76 bits per heavy atom. The monoisotopic (exact) mass is 432 g/mol. The fourth-order valence-corrected chi connectivity index (χ4v) is 3.88. The Morgan fingerprint density at radius 1 is 1.07 bits per heavy atom. The highest BCUT2D eigenvalue weighted by atomic mass is 35.5. The van der Waals surface area contributed by atoms with E-state index in [9.17, 15) is 9.59 Å². The summed E-state index contributed by atoms with van der Waals surface area (Å²) in [6.45, 7) is 4.95. The molecule has 0 aliphatic rings. The molecule has 1 atom stereocenters. The molecule has 2 rings (SSSR count). The molecule has 0 spiro atoms. The van der Waals surface area contributed by atoms with Crippen molar-refractivity contribution in [3.05, 3.63) is 70.7 Å². The predicted molar refractivity (Wildman–Crippen MR) is 122 cm³/mol.